The van der Waals surface area contributed by atoms with Gasteiger partial charge < -0.3 is 10.5 Å². The van der Waals surface area contributed by atoms with Crippen LogP contribution in [0.5, 0.6) is 5.75 Å². The summed E-state index contributed by atoms with van der Waals surface area (Å²) in [6.07, 6.45) is 0.814. The van der Waals surface area contributed by atoms with Crippen molar-refractivity contribution in [2.75, 3.05) is 6.61 Å². The van der Waals surface area contributed by atoms with E-state index in [1.807, 2.05) is 25.3 Å². The highest BCUT2D eigenvalue weighted by molar-refractivity contribution is 7.09. The van der Waals surface area contributed by atoms with Crippen LogP contribution in [-0.2, 0) is 12.0 Å². The lowest BCUT2D eigenvalue weighted by Gasteiger charge is -2.14. The predicted molar refractivity (Wildman–Crippen MR) is 84.4 cm³/mol. The molecule has 108 valence electrons. The Hall–Kier alpha value is -1.39. The molecule has 0 amide bonds. The minimum atomic E-state index is -0.372. The molecule has 0 spiro atoms. The number of benzene rings is 1. The van der Waals surface area contributed by atoms with E-state index in [-0.39, 0.29) is 5.54 Å². The monoisotopic (exact) mass is 290 g/mol. The molecular weight excluding hydrogens is 268 g/mol. The molecule has 4 heteroatoms. The minimum absolute atomic E-state index is 0.372. The van der Waals surface area contributed by atoms with Crippen molar-refractivity contribution in [2.45, 2.75) is 39.7 Å². The highest BCUT2D eigenvalue weighted by Crippen LogP contribution is 2.21. The average Bonchev–Trinajstić information content (AvgIpc) is 2.80. The first kappa shape index (κ1) is 15.0. The summed E-state index contributed by atoms with van der Waals surface area (Å²) in [6, 6.07) is 6.23. The fraction of sp³-hybridized carbons (Fsp3) is 0.438. The lowest BCUT2D eigenvalue weighted by Crippen LogP contribution is -2.29. The highest BCUT2D eigenvalue weighted by Gasteiger charge is 2.17. The van der Waals surface area contributed by atoms with Crippen molar-refractivity contribution in [3.8, 4) is 5.75 Å². The van der Waals surface area contributed by atoms with Gasteiger partial charge in [-0.3, -0.25) is 0 Å². The molecule has 3 nitrogen and oxygen atoms in total. The van der Waals surface area contributed by atoms with Gasteiger partial charge in [0.15, 0.2) is 0 Å². The van der Waals surface area contributed by atoms with Crippen LogP contribution in [0.15, 0.2) is 23.6 Å². The molecule has 0 aliphatic carbocycles. The zero-order valence-corrected chi connectivity index (χ0v) is 13.4. The van der Waals surface area contributed by atoms with E-state index in [4.69, 9.17) is 10.5 Å². The van der Waals surface area contributed by atoms with Gasteiger partial charge in [0.1, 0.15) is 5.75 Å². The highest BCUT2D eigenvalue weighted by atomic mass is 32.1. The van der Waals surface area contributed by atoms with Crippen LogP contribution in [0.2, 0.25) is 0 Å². The Morgan fingerprint density at radius 1 is 1.30 bits per heavy atom. The van der Waals surface area contributed by atoms with Crippen molar-refractivity contribution in [2.24, 2.45) is 5.73 Å². The molecule has 0 fully saturated rings. The molecule has 0 atom stereocenters. The van der Waals surface area contributed by atoms with Gasteiger partial charge in [0.2, 0.25) is 0 Å². The SMILES string of the molecule is Cc1ccc(OCCc2nc(C(C)(C)N)cs2)c(C)c1. The second-order valence-corrected chi connectivity index (χ2v) is 6.66. The van der Waals surface area contributed by atoms with Crippen LogP contribution in [0.1, 0.15) is 35.7 Å². The van der Waals surface area contributed by atoms with Crippen molar-refractivity contribution in [3.05, 3.63) is 45.4 Å². The van der Waals surface area contributed by atoms with Gasteiger partial charge in [-0.1, -0.05) is 17.7 Å². The van der Waals surface area contributed by atoms with E-state index in [1.54, 1.807) is 11.3 Å². The lowest BCUT2D eigenvalue weighted by atomic mass is 10.0. The van der Waals surface area contributed by atoms with Crippen molar-refractivity contribution >= 4 is 11.3 Å². The van der Waals surface area contributed by atoms with E-state index < -0.39 is 0 Å². The number of nitrogens with two attached hydrogens (primary N) is 1. The first-order valence-corrected chi connectivity index (χ1v) is 7.68. The van der Waals surface area contributed by atoms with E-state index in [1.165, 1.54) is 11.1 Å². The van der Waals surface area contributed by atoms with Gasteiger partial charge >= 0.3 is 0 Å². The zero-order chi connectivity index (χ0) is 14.8. The number of hydrogen-bond acceptors (Lipinski definition) is 4. The largest absolute Gasteiger partial charge is 0.493 e. The third-order valence-corrected chi connectivity index (χ3v) is 4.02. The maximum atomic E-state index is 6.04. The number of aromatic nitrogens is 1. The quantitative estimate of drug-likeness (QED) is 0.915. The van der Waals surface area contributed by atoms with Crippen LogP contribution in [0.4, 0.5) is 0 Å². The fourth-order valence-corrected chi connectivity index (χ4v) is 2.89. The summed E-state index contributed by atoms with van der Waals surface area (Å²) in [6.45, 7) is 8.74. The molecule has 0 bridgehead atoms. The molecule has 2 rings (SSSR count). The summed E-state index contributed by atoms with van der Waals surface area (Å²) in [4.78, 5) is 4.56. The van der Waals surface area contributed by atoms with E-state index in [0.717, 1.165) is 22.9 Å². The van der Waals surface area contributed by atoms with Gasteiger partial charge in [-0.05, 0) is 39.3 Å². The summed E-state index contributed by atoms with van der Waals surface area (Å²) in [7, 11) is 0. The van der Waals surface area contributed by atoms with Gasteiger partial charge in [-0.15, -0.1) is 11.3 Å². The molecule has 0 unspecified atom stereocenters. The molecule has 0 saturated carbocycles. The van der Waals surface area contributed by atoms with Gasteiger partial charge in [0, 0.05) is 11.8 Å². The van der Waals surface area contributed by atoms with Gasteiger partial charge in [0.05, 0.1) is 22.8 Å². The summed E-state index contributed by atoms with van der Waals surface area (Å²) in [5, 5.41) is 3.11. The van der Waals surface area contributed by atoms with Crippen molar-refractivity contribution in [3.63, 3.8) is 0 Å². The third kappa shape index (κ3) is 3.81. The molecule has 0 saturated heterocycles. The molecule has 0 aliphatic heterocycles. The van der Waals surface area contributed by atoms with Gasteiger partial charge in [-0.2, -0.15) is 0 Å². The smallest absolute Gasteiger partial charge is 0.122 e. The second-order valence-electron chi connectivity index (χ2n) is 5.72. The molecule has 0 aliphatic rings. The first-order chi connectivity index (χ1) is 9.36. The van der Waals surface area contributed by atoms with Crippen LogP contribution in [0.3, 0.4) is 0 Å². The van der Waals surface area contributed by atoms with E-state index in [2.05, 4.69) is 31.0 Å². The number of ether oxygens (including phenoxy) is 1. The number of thiazole rings is 1. The summed E-state index contributed by atoms with van der Waals surface area (Å²) < 4.78 is 5.83. The number of hydrogen-bond donors (Lipinski definition) is 1. The van der Waals surface area contributed by atoms with Crippen LogP contribution in [0, 0.1) is 13.8 Å². The Bertz CT molecular complexity index is 584. The van der Waals surface area contributed by atoms with Gasteiger partial charge in [-0.25, -0.2) is 4.98 Å². The number of rotatable bonds is 5. The summed E-state index contributed by atoms with van der Waals surface area (Å²) in [5.41, 5.74) is 9.04. The Balaban J connectivity index is 1.91. The Kier molecular flexibility index (Phi) is 4.45. The summed E-state index contributed by atoms with van der Waals surface area (Å²) in [5.74, 6) is 0.950. The molecular formula is C16H22N2OS. The Morgan fingerprint density at radius 2 is 2.05 bits per heavy atom. The van der Waals surface area contributed by atoms with E-state index in [9.17, 15) is 0 Å². The Morgan fingerprint density at radius 3 is 2.65 bits per heavy atom. The Labute approximate surface area is 124 Å². The lowest BCUT2D eigenvalue weighted by molar-refractivity contribution is 0.319. The molecule has 1 aromatic heterocycles. The van der Waals surface area contributed by atoms with Crippen LogP contribution >= 0.6 is 11.3 Å². The minimum Gasteiger partial charge on any atom is -0.493 e. The second kappa shape index (κ2) is 5.94. The van der Waals surface area contributed by atoms with Crippen molar-refractivity contribution in [1.82, 2.24) is 4.98 Å². The van der Waals surface area contributed by atoms with Crippen molar-refractivity contribution < 1.29 is 4.74 Å². The molecule has 20 heavy (non-hydrogen) atoms. The molecule has 1 aromatic carbocycles. The zero-order valence-electron chi connectivity index (χ0n) is 12.6. The van der Waals surface area contributed by atoms with Crippen LogP contribution < -0.4 is 10.5 Å². The van der Waals surface area contributed by atoms with E-state index in [0.29, 0.717) is 6.61 Å². The van der Waals surface area contributed by atoms with Crippen LogP contribution in [-0.4, -0.2) is 11.6 Å². The maximum absolute atomic E-state index is 6.04. The fourth-order valence-electron chi connectivity index (χ4n) is 1.93. The molecule has 1 heterocycles. The maximum Gasteiger partial charge on any atom is 0.122 e. The number of aryl methyl sites for hydroxylation is 2. The third-order valence-electron chi connectivity index (χ3n) is 3.12. The standard InChI is InChI=1S/C16H22N2OS/c1-11-5-6-13(12(2)9-11)19-8-7-15-18-14(10-20-15)16(3,4)17/h5-6,9-10H,7-8,17H2,1-4H3. The molecule has 2 aromatic rings. The van der Waals surface area contributed by atoms with Gasteiger partial charge in [0.25, 0.3) is 0 Å². The topological polar surface area (TPSA) is 48.1 Å². The molecule has 2 N–H and O–H groups in total. The summed E-state index contributed by atoms with van der Waals surface area (Å²) >= 11 is 1.65. The molecule has 0 radical (unpaired) electrons. The number of nitrogens with zero attached hydrogens (tertiary/aromatic N) is 1. The van der Waals surface area contributed by atoms with Crippen molar-refractivity contribution in [1.29, 1.82) is 0 Å². The first-order valence-electron chi connectivity index (χ1n) is 6.80. The normalized spacial score (nSPS) is 11.7. The average molecular weight is 290 g/mol. The van der Waals surface area contributed by atoms with Crippen LogP contribution in [0.25, 0.3) is 0 Å². The van der Waals surface area contributed by atoms with E-state index >= 15 is 0 Å². The predicted octanol–water partition coefficient (Wildman–Crippen LogP) is 3.58.